The molecule has 6 N–H and O–H groups in total. The number of aryl methyl sites for hydroxylation is 1. The molecule has 0 aliphatic carbocycles. The van der Waals surface area contributed by atoms with Gasteiger partial charge in [-0.2, -0.15) is 0 Å². The summed E-state index contributed by atoms with van der Waals surface area (Å²) >= 11 is 0. The number of hydrogen-bond donors (Lipinski definition) is 4. The second-order valence-corrected chi connectivity index (χ2v) is 3.57. The number of hydrogen-bond acceptors (Lipinski definition) is 4. The van der Waals surface area contributed by atoms with E-state index >= 15 is 0 Å². The van der Waals surface area contributed by atoms with Gasteiger partial charge in [-0.1, -0.05) is 30.3 Å². The first-order valence-corrected chi connectivity index (χ1v) is 5.41. The van der Waals surface area contributed by atoms with Crippen molar-refractivity contribution in [2.24, 2.45) is 11.5 Å². The van der Waals surface area contributed by atoms with Crippen molar-refractivity contribution in [2.45, 2.75) is 18.9 Å². The fraction of sp³-hybridized carbons (Fsp3) is 0.333. The molecule has 0 spiro atoms. The molecular formula is C12H18N2O4. The first-order chi connectivity index (χ1) is 8.47. The normalized spacial score (nSPS) is 11.0. The van der Waals surface area contributed by atoms with Crippen molar-refractivity contribution in [2.75, 3.05) is 6.54 Å². The molecule has 1 rings (SSSR count). The lowest BCUT2D eigenvalue weighted by molar-refractivity contribution is -0.138. The maximum atomic E-state index is 10.4. The van der Waals surface area contributed by atoms with Crippen LogP contribution in [0.5, 0.6) is 0 Å². The van der Waals surface area contributed by atoms with Crippen molar-refractivity contribution < 1.29 is 19.8 Å². The Morgan fingerprint density at radius 2 is 1.67 bits per heavy atom. The van der Waals surface area contributed by atoms with Gasteiger partial charge in [0.15, 0.2) is 0 Å². The molecule has 0 aliphatic heterocycles. The predicted molar refractivity (Wildman–Crippen MR) is 67.1 cm³/mol. The molecule has 0 aromatic heterocycles. The first-order valence-electron chi connectivity index (χ1n) is 5.41. The molecule has 6 heteroatoms. The SMILES string of the molecule is NCC(=O)O.N[C@@H](CCc1ccccc1)C(=O)O. The minimum atomic E-state index is -0.968. The minimum Gasteiger partial charge on any atom is -0.480 e. The highest BCUT2D eigenvalue weighted by molar-refractivity contribution is 5.73. The summed E-state index contributed by atoms with van der Waals surface area (Å²) in [6.45, 7) is -0.278. The van der Waals surface area contributed by atoms with Gasteiger partial charge in [-0.05, 0) is 18.4 Å². The summed E-state index contributed by atoms with van der Waals surface area (Å²) in [5.41, 5.74) is 11.1. The third-order valence-corrected chi connectivity index (χ3v) is 2.08. The van der Waals surface area contributed by atoms with Gasteiger partial charge in [0.2, 0.25) is 0 Å². The quantitative estimate of drug-likeness (QED) is 0.588. The third kappa shape index (κ3) is 8.26. The van der Waals surface area contributed by atoms with Crippen molar-refractivity contribution in [3.8, 4) is 0 Å². The lowest BCUT2D eigenvalue weighted by Gasteiger charge is -2.05. The molecule has 0 saturated heterocycles. The molecule has 1 aromatic rings. The fourth-order valence-corrected chi connectivity index (χ4v) is 1.09. The number of nitrogens with two attached hydrogens (primary N) is 2. The van der Waals surface area contributed by atoms with Crippen molar-refractivity contribution >= 4 is 11.9 Å². The van der Waals surface area contributed by atoms with Crippen LogP contribution in [0.3, 0.4) is 0 Å². The summed E-state index contributed by atoms with van der Waals surface area (Å²) < 4.78 is 0. The lowest BCUT2D eigenvalue weighted by atomic mass is 10.1. The Balaban J connectivity index is 0.000000494. The van der Waals surface area contributed by atoms with Gasteiger partial charge in [-0.25, -0.2) is 0 Å². The molecule has 0 bridgehead atoms. The molecule has 0 saturated carbocycles. The number of carboxylic acids is 2. The smallest absolute Gasteiger partial charge is 0.320 e. The molecular weight excluding hydrogens is 236 g/mol. The Morgan fingerprint density at radius 1 is 1.17 bits per heavy atom. The van der Waals surface area contributed by atoms with E-state index < -0.39 is 18.0 Å². The monoisotopic (exact) mass is 254 g/mol. The van der Waals surface area contributed by atoms with Crippen LogP contribution >= 0.6 is 0 Å². The highest BCUT2D eigenvalue weighted by Crippen LogP contribution is 2.03. The Kier molecular flexibility index (Phi) is 8.17. The molecule has 100 valence electrons. The number of carbonyl (C=O) groups is 2. The van der Waals surface area contributed by atoms with E-state index in [-0.39, 0.29) is 6.54 Å². The van der Waals surface area contributed by atoms with Gasteiger partial charge in [0.25, 0.3) is 0 Å². The summed E-state index contributed by atoms with van der Waals surface area (Å²) in [5, 5.41) is 16.1. The maximum absolute atomic E-state index is 10.4. The lowest BCUT2D eigenvalue weighted by Crippen LogP contribution is -2.30. The molecule has 0 heterocycles. The fourth-order valence-electron chi connectivity index (χ4n) is 1.09. The Bertz CT molecular complexity index is 368. The zero-order chi connectivity index (χ0) is 14.0. The average Bonchev–Trinajstić information content (AvgIpc) is 2.37. The predicted octanol–water partition coefficient (Wildman–Crippen LogP) is 0.0608. The van der Waals surface area contributed by atoms with E-state index in [1.54, 1.807) is 0 Å². The van der Waals surface area contributed by atoms with Crippen LogP contribution < -0.4 is 11.5 Å². The standard InChI is InChI=1S/C10H13NO2.C2H5NO2/c11-9(10(12)13)7-6-8-4-2-1-3-5-8;3-1-2(4)5/h1-5,9H,6-7,11H2,(H,12,13);1,3H2,(H,4,5)/t9-;/m0./s1. The maximum Gasteiger partial charge on any atom is 0.320 e. The molecule has 0 aliphatic rings. The van der Waals surface area contributed by atoms with Crippen LogP contribution in [0.2, 0.25) is 0 Å². The first kappa shape index (κ1) is 16.1. The van der Waals surface area contributed by atoms with Gasteiger partial charge in [-0.15, -0.1) is 0 Å². The summed E-state index contributed by atoms with van der Waals surface area (Å²) in [6.07, 6.45) is 1.20. The van der Waals surface area contributed by atoms with E-state index in [1.165, 1.54) is 0 Å². The molecule has 0 fully saturated rings. The summed E-state index contributed by atoms with van der Waals surface area (Å²) in [5.74, 6) is -1.90. The minimum absolute atomic E-state index is 0.278. The van der Waals surface area contributed by atoms with E-state index in [4.69, 9.17) is 15.9 Å². The Morgan fingerprint density at radius 3 is 2.06 bits per heavy atom. The van der Waals surface area contributed by atoms with E-state index in [0.29, 0.717) is 12.8 Å². The second-order valence-electron chi connectivity index (χ2n) is 3.57. The number of rotatable bonds is 5. The van der Waals surface area contributed by atoms with Crippen LogP contribution in [0, 0.1) is 0 Å². The van der Waals surface area contributed by atoms with Crippen molar-refractivity contribution in [1.82, 2.24) is 0 Å². The van der Waals surface area contributed by atoms with Crippen LogP contribution in [0.25, 0.3) is 0 Å². The molecule has 0 amide bonds. The Labute approximate surface area is 105 Å². The van der Waals surface area contributed by atoms with Gasteiger partial charge < -0.3 is 21.7 Å². The van der Waals surface area contributed by atoms with Crippen LogP contribution in [0.4, 0.5) is 0 Å². The third-order valence-electron chi connectivity index (χ3n) is 2.08. The topological polar surface area (TPSA) is 127 Å². The van der Waals surface area contributed by atoms with Crippen molar-refractivity contribution in [3.63, 3.8) is 0 Å². The van der Waals surface area contributed by atoms with Crippen molar-refractivity contribution in [1.29, 1.82) is 0 Å². The summed E-state index contributed by atoms with van der Waals surface area (Å²) in [4.78, 5) is 19.6. The summed E-state index contributed by atoms with van der Waals surface area (Å²) in [6, 6.07) is 8.98. The van der Waals surface area contributed by atoms with Crippen LogP contribution in [0.1, 0.15) is 12.0 Å². The van der Waals surface area contributed by atoms with Crippen LogP contribution in [-0.2, 0) is 16.0 Å². The average molecular weight is 254 g/mol. The molecule has 1 atom stereocenters. The summed E-state index contributed by atoms with van der Waals surface area (Å²) in [7, 11) is 0. The van der Waals surface area contributed by atoms with E-state index in [2.05, 4.69) is 5.73 Å². The molecule has 18 heavy (non-hydrogen) atoms. The number of benzene rings is 1. The zero-order valence-electron chi connectivity index (χ0n) is 9.95. The number of carboxylic acid groups (broad SMARTS) is 2. The van der Waals surface area contributed by atoms with E-state index in [1.807, 2.05) is 30.3 Å². The van der Waals surface area contributed by atoms with E-state index in [9.17, 15) is 9.59 Å². The van der Waals surface area contributed by atoms with Gasteiger partial charge in [0, 0.05) is 0 Å². The second kappa shape index (κ2) is 9.15. The van der Waals surface area contributed by atoms with Gasteiger partial charge in [0.1, 0.15) is 6.04 Å². The highest BCUT2D eigenvalue weighted by atomic mass is 16.4. The molecule has 6 nitrogen and oxygen atoms in total. The van der Waals surface area contributed by atoms with Gasteiger partial charge >= 0.3 is 11.9 Å². The van der Waals surface area contributed by atoms with Gasteiger partial charge in [0.05, 0.1) is 6.54 Å². The van der Waals surface area contributed by atoms with Crippen LogP contribution in [-0.4, -0.2) is 34.7 Å². The molecule has 0 radical (unpaired) electrons. The number of aliphatic carboxylic acids is 2. The molecule has 0 unspecified atom stereocenters. The van der Waals surface area contributed by atoms with Gasteiger partial charge in [-0.3, -0.25) is 9.59 Å². The van der Waals surface area contributed by atoms with E-state index in [0.717, 1.165) is 5.56 Å². The largest absolute Gasteiger partial charge is 0.480 e. The Hall–Kier alpha value is -1.92. The highest BCUT2D eigenvalue weighted by Gasteiger charge is 2.10. The van der Waals surface area contributed by atoms with Crippen LogP contribution in [0.15, 0.2) is 30.3 Å². The van der Waals surface area contributed by atoms with Crippen molar-refractivity contribution in [3.05, 3.63) is 35.9 Å². The zero-order valence-corrected chi connectivity index (χ0v) is 9.95. The molecule has 1 aromatic carbocycles.